The van der Waals surface area contributed by atoms with E-state index in [1.165, 1.54) is 6.33 Å². The first-order chi connectivity index (χ1) is 12.1. The second-order valence-electron chi connectivity index (χ2n) is 6.07. The van der Waals surface area contributed by atoms with Crippen LogP contribution in [0.1, 0.15) is 37.6 Å². The van der Waals surface area contributed by atoms with Gasteiger partial charge in [0.05, 0.1) is 11.6 Å². The number of carbonyl (C=O) groups is 2. The highest BCUT2D eigenvalue weighted by Crippen LogP contribution is 2.44. The van der Waals surface area contributed by atoms with Gasteiger partial charge in [0.15, 0.2) is 6.61 Å². The first kappa shape index (κ1) is 15.6. The predicted molar refractivity (Wildman–Crippen MR) is 90.7 cm³/mol. The van der Waals surface area contributed by atoms with Gasteiger partial charge >= 0.3 is 0 Å². The second-order valence-corrected chi connectivity index (χ2v) is 6.07. The minimum atomic E-state index is -0.187. The molecule has 0 unspecified atom stereocenters. The summed E-state index contributed by atoms with van der Waals surface area (Å²) in [6, 6.07) is 3.74. The Labute approximate surface area is 144 Å². The van der Waals surface area contributed by atoms with Gasteiger partial charge in [0.2, 0.25) is 5.91 Å². The molecule has 0 saturated carbocycles. The van der Waals surface area contributed by atoms with Crippen LogP contribution in [0.15, 0.2) is 18.5 Å². The maximum Gasteiger partial charge on any atom is 0.265 e. The molecule has 8 nitrogen and oxygen atoms in total. The molecule has 0 aliphatic carbocycles. The van der Waals surface area contributed by atoms with Crippen LogP contribution in [0.2, 0.25) is 0 Å². The van der Waals surface area contributed by atoms with Crippen molar-refractivity contribution >= 4 is 23.2 Å². The van der Waals surface area contributed by atoms with E-state index >= 15 is 0 Å². The van der Waals surface area contributed by atoms with Crippen molar-refractivity contribution in [3.63, 3.8) is 0 Å². The molecule has 4 rings (SSSR count). The minimum absolute atomic E-state index is 0.0296. The zero-order chi connectivity index (χ0) is 17.6. The van der Waals surface area contributed by atoms with Crippen LogP contribution in [0, 0.1) is 0 Å². The molecule has 0 bridgehead atoms. The normalized spacial score (nSPS) is 19.1. The number of likely N-dealkylation sites (N-methyl/N-ethyl adjacent to an activating group) is 1. The summed E-state index contributed by atoms with van der Waals surface area (Å²) in [5.74, 6) is 1.07. The van der Waals surface area contributed by atoms with Crippen molar-refractivity contribution in [1.82, 2.24) is 14.8 Å². The lowest BCUT2D eigenvalue weighted by atomic mass is 9.89. The first-order valence-corrected chi connectivity index (χ1v) is 8.41. The zero-order valence-corrected chi connectivity index (χ0v) is 14.2. The van der Waals surface area contributed by atoms with Gasteiger partial charge in [0, 0.05) is 25.2 Å². The molecule has 0 fully saturated rings. The van der Waals surface area contributed by atoms with E-state index in [9.17, 15) is 9.59 Å². The van der Waals surface area contributed by atoms with Gasteiger partial charge in [-0.3, -0.25) is 9.59 Å². The molecule has 2 aliphatic heterocycles. The number of nitrogens with one attached hydrogen (secondary N) is 1. The van der Waals surface area contributed by atoms with Crippen molar-refractivity contribution in [1.29, 1.82) is 0 Å². The maximum absolute atomic E-state index is 12.2. The molecule has 2 amide bonds. The van der Waals surface area contributed by atoms with E-state index < -0.39 is 0 Å². The van der Waals surface area contributed by atoms with Crippen LogP contribution in [0.25, 0.3) is 0 Å². The summed E-state index contributed by atoms with van der Waals surface area (Å²) in [5, 5.41) is 7.13. The van der Waals surface area contributed by atoms with Crippen molar-refractivity contribution in [2.45, 2.75) is 32.7 Å². The van der Waals surface area contributed by atoms with Gasteiger partial charge in [-0.1, -0.05) is 0 Å². The standard InChI is InChI=1S/C17H19N5O3/c1-3-21-13-7-12-10(5-14(13)25-8-16(21)24)11(6-15(23)20-12)17-18-9-19-22(17)4-2/h5,7,9,11H,3-4,6,8H2,1-2H3,(H,20,23)/t11-/m1/s1. The third-order valence-electron chi connectivity index (χ3n) is 4.69. The largest absolute Gasteiger partial charge is 0.482 e. The molecule has 0 spiro atoms. The fourth-order valence-corrected chi connectivity index (χ4v) is 3.52. The quantitative estimate of drug-likeness (QED) is 0.914. The summed E-state index contributed by atoms with van der Waals surface area (Å²) in [7, 11) is 0. The number of carbonyl (C=O) groups excluding carboxylic acids is 2. The smallest absolute Gasteiger partial charge is 0.265 e. The van der Waals surface area contributed by atoms with Gasteiger partial charge in [0.1, 0.15) is 17.9 Å². The first-order valence-electron chi connectivity index (χ1n) is 8.41. The molecule has 2 aromatic rings. The van der Waals surface area contributed by atoms with E-state index in [1.54, 1.807) is 9.58 Å². The number of amides is 2. The van der Waals surface area contributed by atoms with E-state index in [-0.39, 0.29) is 24.3 Å². The second kappa shape index (κ2) is 5.87. The Hall–Kier alpha value is -2.90. The number of nitrogens with zero attached hydrogens (tertiary/aromatic N) is 4. The summed E-state index contributed by atoms with van der Waals surface area (Å²) in [4.78, 5) is 30.3. The molecule has 1 atom stereocenters. The van der Waals surface area contributed by atoms with Crippen molar-refractivity contribution in [3.05, 3.63) is 29.8 Å². The number of aromatic nitrogens is 3. The highest BCUT2D eigenvalue weighted by molar-refractivity contribution is 6.01. The maximum atomic E-state index is 12.2. The Balaban J connectivity index is 1.85. The number of benzene rings is 1. The van der Waals surface area contributed by atoms with Gasteiger partial charge in [0.25, 0.3) is 5.91 Å². The lowest BCUT2D eigenvalue weighted by molar-refractivity contribution is -0.121. The molecule has 1 N–H and O–H groups in total. The molecule has 0 radical (unpaired) electrons. The van der Waals surface area contributed by atoms with Gasteiger partial charge in [-0.05, 0) is 31.5 Å². The third kappa shape index (κ3) is 2.45. The van der Waals surface area contributed by atoms with Crippen molar-refractivity contribution in [3.8, 4) is 5.75 Å². The number of aryl methyl sites for hydroxylation is 1. The third-order valence-corrected chi connectivity index (χ3v) is 4.69. The van der Waals surface area contributed by atoms with Crippen LogP contribution in [-0.2, 0) is 16.1 Å². The lowest BCUT2D eigenvalue weighted by Gasteiger charge is -2.32. The van der Waals surface area contributed by atoms with Crippen molar-refractivity contribution in [2.75, 3.05) is 23.4 Å². The topological polar surface area (TPSA) is 89.3 Å². The lowest BCUT2D eigenvalue weighted by Crippen LogP contribution is -2.39. The molecule has 1 aromatic carbocycles. The fourth-order valence-electron chi connectivity index (χ4n) is 3.52. The van der Waals surface area contributed by atoms with Crippen LogP contribution in [0.4, 0.5) is 11.4 Å². The molecule has 3 heterocycles. The van der Waals surface area contributed by atoms with E-state index in [0.29, 0.717) is 36.6 Å². The van der Waals surface area contributed by atoms with Crippen LogP contribution in [0.3, 0.4) is 0 Å². The van der Waals surface area contributed by atoms with Crippen LogP contribution >= 0.6 is 0 Å². The monoisotopic (exact) mass is 341 g/mol. The van der Waals surface area contributed by atoms with Crippen LogP contribution in [-0.4, -0.2) is 39.7 Å². The van der Waals surface area contributed by atoms with Crippen molar-refractivity contribution < 1.29 is 14.3 Å². The number of fused-ring (bicyclic) bond motifs is 2. The summed E-state index contributed by atoms with van der Waals surface area (Å²) in [6.45, 7) is 5.17. The molecule has 1 aromatic heterocycles. The fraction of sp³-hybridized carbons (Fsp3) is 0.412. The Kier molecular flexibility index (Phi) is 3.67. The summed E-state index contributed by atoms with van der Waals surface area (Å²) in [6.07, 6.45) is 1.82. The van der Waals surface area contributed by atoms with Gasteiger partial charge < -0.3 is 15.0 Å². The van der Waals surface area contributed by atoms with Gasteiger partial charge in [-0.25, -0.2) is 9.67 Å². The number of anilines is 2. The summed E-state index contributed by atoms with van der Waals surface area (Å²) in [5.41, 5.74) is 2.32. The van der Waals surface area contributed by atoms with Crippen LogP contribution in [0.5, 0.6) is 5.75 Å². The average molecular weight is 341 g/mol. The molecule has 25 heavy (non-hydrogen) atoms. The summed E-state index contributed by atoms with van der Waals surface area (Å²) < 4.78 is 7.44. The number of hydrogen-bond donors (Lipinski definition) is 1. The molecule has 0 saturated heterocycles. The number of hydrogen-bond acceptors (Lipinski definition) is 5. The SMILES string of the molecule is CCN1C(=O)COc2cc3c(cc21)NC(=O)C[C@H]3c1ncnn1CC. The number of ether oxygens (including phenoxy) is 1. The molecule has 8 heteroatoms. The van der Waals surface area contributed by atoms with Crippen LogP contribution < -0.4 is 15.0 Å². The van der Waals surface area contributed by atoms with E-state index in [4.69, 9.17) is 4.74 Å². The Morgan fingerprint density at radius 2 is 2.12 bits per heavy atom. The predicted octanol–water partition coefficient (Wildman–Crippen LogP) is 1.52. The molecule has 130 valence electrons. The van der Waals surface area contributed by atoms with Crippen molar-refractivity contribution in [2.24, 2.45) is 0 Å². The Morgan fingerprint density at radius 1 is 1.28 bits per heavy atom. The van der Waals surface area contributed by atoms with E-state index in [1.807, 2.05) is 26.0 Å². The van der Waals surface area contributed by atoms with E-state index in [0.717, 1.165) is 11.4 Å². The average Bonchev–Trinajstić information content (AvgIpc) is 3.08. The molecule has 2 aliphatic rings. The zero-order valence-electron chi connectivity index (χ0n) is 14.2. The van der Waals surface area contributed by atoms with Gasteiger partial charge in [-0.15, -0.1) is 0 Å². The van der Waals surface area contributed by atoms with Gasteiger partial charge in [-0.2, -0.15) is 5.10 Å². The minimum Gasteiger partial charge on any atom is -0.482 e. The molecular formula is C17H19N5O3. The summed E-state index contributed by atoms with van der Waals surface area (Å²) >= 11 is 0. The molecular weight excluding hydrogens is 322 g/mol. The highest BCUT2D eigenvalue weighted by atomic mass is 16.5. The highest BCUT2D eigenvalue weighted by Gasteiger charge is 2.33. The Morgan fingerprint density at radius 3 is 2.88 bits per heavy atom. The Bertz CT molecular complexity index is 860. The number of rotatable bonds is 3. The van der Waals surface area contributed by atoms with E-state index in [2.05, 4.69) is 15.4 Å².